The van der Waals surface area contributed by atoms with E-state index in [1.165, 1.54) is 24.4 Å². The number of pyridine rings is 1. The Morgan fingerprint density at radius 1 is 1.18 bits per heavy atom. The minimum atomic E-state index is -4.80. The monoisotopic (exact) mass is 306 g/mol. The maximum absolute atomic E-state index is 12.2. The zero-order valence-electron chi connectivity index (χ0n) is 11.0. The first-order chi connectivity index (χ1) is 10.4. The van der Waals surface area contributed by atoms with E-state index in [-0.39, 0.29) is 11.3 Å². The third kappa shape index (κ3) is 3.82. The lowest BCUT2D eigenvalue weighted by Gasteiger charge is -2.10. The summed E-state index contributed by atoms with van der Waals surface area (Å²) in [6.07, 6.45) is -3.35. The molecule has 22 heavy (non-hydrogen) atoms. The lowest BCUT2D eigenvalue weighted by atomic mass is 9.95. The molecule has 0 saturated carbocycles. The summed E-state index contributed by atoms with van der Waals surface area (Å²) < 4.78 is 39.9. The summed E-state index contributed by atoms with van der Waals surface area (Å²) in [6.45, 7) is 0. The maximum Gasteiger partial charge on any atom is 0.573 e. The number of hydrogen-bond acceptors (Lipinski definition) is 4. The van der Waals surface area contributed by atoms with Gasteiger partial charge in [-0.3, -0.25) is 9.78 Å². The Morgan fingerprint density at radius 3 is 2.36 bits per heavy atom. The number of alkyl halides is 3. The van der Waals surface area contributed by atoms with Crippen LogP contribution in [0.2, 0.25) is 0 Å². The Hall–Kier alpha value is -2.88. The van der Waals surface area contributed by atoms with Gasteiger partial charge in [0.1, 0.15) is 5.75 Å². The molecule has 112 valence electrons. The first-order valence-electron chi connectivity index (χ1n) is 6.11. The summed E-state index contributed by atoms with van der Waals surface area (Å²) in [7, 11) is 0. The standard InChI is InChI=1S/C15H9F3N2O2/c16-15(17,18)22-11-6-4-10(5-7-11)14(21)12(9-19)13-3-1-2-8-20-13/h1-8,12H/t12-/m0/s1. The van der Waals surface area contributed by atoms with Crippen molar-refractivity contribution in [2.24, 2.45) is 0 Å². The molecule has 0 aliphatic rings. The summed E-state index contributed by atoms with van der Waals surface area (Å²) in [4.78, 5) is 16.2. The zero-order chi connectivity index (χ0) is 16.2. The highest BCUT2D eigenvalue weighted by molar-refractivity contribution is 6.02. The van der Waals surface area contributed by atoms with Gasteiger partial charge in [-0.1, -0.05) is 6.07 Å². The first kappa shape index (κ1) is 15.5. The van der Waals surface area contributed by atoms with Crippen molar-refractivity contribution in [2.75, 3.05) is 0 Å². The van der Waals surface area contributed by atoms with Crippen molar-refractivity contribution < 1.29 is 22.7 Å². The predicted molar refractivity (Wildman–Crippen MR) is 70.0 cm³/mol. The van der Waals surface area contributed by atoms with Crippen molar-refractivity contribution in [2.45, 2.75) is 12.3 Å². The lowest BCUT2D eigenvalue weighted by Crippen LogP contribution is -2.17. The highest BCUT2D eigenvalue weighted by atomic mass is 19.4. The van der Waals surface area contributed by atoms with E-state index in [9.17, 15) is 18.0 Å². The number of benzene rings is 1. The second kappa shape index (κ2) is 6.26. The van der Waals surface area contributed by atoms with Gasteiger partial charge in [0.05, 0.1) is 11.8 Å². The van der Waals surface area contributed by atoms with Gasteiger partial charge < -0.3 is 4.74 Å². The van der Waals surface area contributed by atoms with Crippen molar-refractivity contribution in [3.63, 3.8) is 0 Å². The van der Waals surface area contributed by atoms with E-state index in [0.29, 0.717) is 0 Å². The average molecular weight is 306 g/mol. The molecule has 1 aromatic heterocycles. The van der Waals surface area contributed by atoms with Crippen LogP contribution in [0.3, 0.4) is 0 Å². The number of hydrogen-bond donors (Lipinski definition) is 0. The molecule has 0 aliphatic carbocycles. The third-order valence-electron chi connectivity index (χ3n) is 2.75. The van der Waals surface area contributed by atoms with E-state index in [1.807, 2.05) is 6.07 Å². The van der Waals surface area contributed by atoms with Gasteiger partial charge in [0, 0.05) is 11.8 Å². The van der Waals surface area contributed by atoms with Crippen molar-refractivity contribution in [1.29, 1.82) is 5.26 Å². The summed E-state index contributed by atoms with van der Waals surface area (Å²) in [5.41, 5.74) is 0.386. The van der Waals surface area contributed by atoms with Gasteiger partial charge in [0.15, 0.2) is 11.7 Å². The van der Waals surface area contributed by atoms with Gasteiger partial charge in [0.2, 0.25) is 0 Å². The molecular formula is C15H9F3N2O2. The van der Waals surface area contributed by atoms with Gasteiger partial charge in [-0.25, -0.2) is 0 Å². The van der Waals surface area contributed by atoms with E-state index in [0.717, 1.165) is 12.1 Å². The van der Waals surface area contributed by atoms with Crippen LogP contribution < -0.4 is 4.74 Å². The van der Waals surface area contributed by atoms with Gasteiger partial charge in [-0.15, -0.1) is 13.2 Å². The second-order valence-electron chi connectivity index (χ2n) is 4.25. The summed E-state index contributed by atoms with van der Waals surface area (Å²) in [5, 5.41) is 9.13. The fourth-order valence-electron chi connectivity index (χ4n) is 1.79. The number of aromatic nitrogens is 1. The molecule has 7 heteroatoms. The fourth-order valence-corrected chi connectivity index (χ4v) is 1.79. The van der Waals surface area contributed by atoms with E-state index >= 15 is 0 Å². The number of carbonyl (C=O) groups is 1. The molecule has 0 aliphatic heterocycles. The Morgan fingerprint density at radius 2 is 1.86 bits per heavy atom. The quantitative estimate of drug-likeness (QED) is 0.811. The van der Waals surface area contributed by atoms with E-state index in [1.54, 1.807) is 12.1 Å². The fraction of sp³-hybridized carbons (Fsp3) is 0.133. The normalized spacial score (nSPS) is 12.3. The number of Topliss-reactive ketones (excluding diaryl/α,β-unsaturated/α-hetero) is 1. The van der Waals surface area contributed by atoms with Gasteiger partial charge >= 0.3 is 6.36 Å². The molecule has 0 amide bonds. The van der Waals surface area contributed by atoms with Crippen LogP contribution in [0.5, 0.6) is 5.75 Å². The SMILES string of the molecule is N#C[C@H](C(=O)c1ccc(OC(F)(F)F)cc1)c1ccccn1. The molecule has 0 radical (unpaired) electrons. The number of ether oxygens (including phenoxy) is 1. The molecule has 2 rings (SSSR count). The smallest absolute Gasteiger partial charge is 0.406 e. The van der Waals surface area contributed by atoms with Crippen LogP contribution in [0.1, 0.15) is 22.0 Å². The largest absolute Gasteiger partial charge is 0.573 e. The summed E-state index contributed by atoms with van der Waals surface area (Å²) >= 11 is 0. The van der Waals surface area contributed by atoms with E-state index < -0.39 is 23.8 Å². The van der Waals surface area contributed by atoms with Crippen LogP contribution in [-0.4, -0.2) is 17.1 Å². The zero-order valence-corrected chi connectivity index (χ0v) is 11.0. The van der Waals surface area contributed by atoms with E-state index in [4.69, 9.17) is 5.26 Å². The summed E-state index contributed by atoms with van der Waals surface area (Å²) in [6, 6.07) is 11.1. The van der Waals surface area contributed by atoms with Crippen molar-refractivity contribution in [1.82, 2.24) is 4.98 Å². The number of rotatable bonds is 4. The number of nitriles is 1. The Balaban J connectivity index is 2.21. The Bertz CT molecular complexity index is 691. The van der Waals surface area contributed by atoms with Crippen LogP contribution in [0.25, 0.3) is 0 Å². The average Bonchev–Trinajstić information content (AvgIpc) is 2.48. The van der Waals surface area contributed by atoms with Crippen LogP contribution >= 0.6 is 0 Å². The topological polar surface area (TPSA) is 63.0 Å². The number of carbonyl (C=O) groups excluding carboxylic acids is 1. The molecule has 1 aromatic carbocycles. The number of halogens is 3. The molecule has 1 heterocycles. The molecule has 0 spiro atoms. The lowest BCUT2D eigenvalue weighted by molar-refractivity contribution is -0.274. The maximum atomic E-state index is 12.2. The first-order valence-corrected chi connectivity index (χ1v) is 6.11. The van der Waals surface area contributed by atoms with Crippen LogP contribution in [0.4, 0.5) is 13.2 Å². The highest BCUT2D eigenvalue weighted by Gasteiger charge is 2.31. The third-order valence-corrected chi connectivity index (χ3v) is 2.75. The van der Waals surface area contributed by atoms with Crippen LogP contribution in [-0.2, 0) is 0 Å². The Labute approximate surface area is 123 Å². The molecule has 0 N–H and O–H groups in total. The number of ketones is 1. The molecule has 0 unspecified atom stereocenters. The van der Waals surface area contributed by atoms with Gasteiger partial charge in [-0.05, 0) is 36.4 Å². The number of nitrogens with zero attached hydrogens (tertiary/aromatic N) is 2. The molecule has 0 saturated heterocycles. The minimum absolute atomic E-state index is 0.103. The van der Waals surface area contributed by atoms with Gasteiger partial charge in [-0.2, -0.15) is 5.26 Å². The molecule has 1 atom stereocenters. The summed E-state index contributed by atoms with van der Waals surface area (Å²) in [5.74, 6) is -2.09. The molecular weight excluding hydrogens is 297 g/mol. The van der Waals surface area contributed by atoms with Crippen molar-refractivity contribution in [3.05, 3.63) is 59.9 Å². The molecule has 4 nitrogen and oxygen atoms in total. The molecule has 0 bridgehead atoms. The van der Waals surface area contributed by atoms with Crippen LogP contribution in [0, 0.1) is 11.3 Å². The van der Waals surface area contributed by atoms with Gasteiger partial charge in [0.25, 0.3) is 0 Å². The molecule has 0 fully saturated rings. The van der Waals surface area contributed by atoms with Crippen LogP contribution in [0.15, 0.2) is 48.7 Å². The highest BCUT2D eigenvalue weighted by Crippen LogP contribution is 2.24. The predicted octanol–water partition coefficient (Wildman–Crippen LogP) is 3.47. The Kier molecular flexibility index (Phi) is 4.41. The minimum Gasteiger partial charge on any atom is -0.406 e. The van der Waals surface area contributed by atoms with Crippen molar-refractivity contribution in [3.8, 4) is 11.8 Å². The molecule has 2 aromatic rings. The second-order valence-corrected chi connectivity index (χ2v) is 4.25. The van der Waals surface area contributed by atoms with E-state index in [2.05, 4.69) is 9.72 Å². The van der Waals surface area contributed by atoms with Crippen molar-refractivity contribution >= 4 is 5.78 Å².